The van der Waals surface area contributed by atoms with Gasteiger partial charge < -0.3 is 40.2 Å². The number of aliphatic hydroxyl groups is 2. The molecule has 1 aliphatic heterocycles. The number of benzene rings is 2. The molecule has 240 valence electrons. The lowest BCUT2D eigenvalue weighted by molar-refractivity contribution is -0.169. The van der Waals surface area contributed by atoms with Crippen LogP contribution in [0.3, 0.4) is 0 Å². The number of aliphatic hydroxyl groups excluding tert-OH is 1. The minimum atomic E-state index is -2.81. The summed E-state index contributed by atoms with van der Waals surface area (Å²) in [6.45, 7) is 6.56. The summed E-state index contributed by atoms with van der Waals surface area (Å²) < 4.78 is 29.3. The summed E-state index contributed by atoms with van der Waals surface area (Å²) in [5.41, 5.74) is 4.64. The number of nitrogens with zero attached hydrogens (tertiary/aromatic N) is 5. The summed E-state index contributed by atoms with van der Waals surface area (Å²) in [4.78, 5) is 37.4. The average Bonchev–Trinajstić information content (AvgIpc) is 3.42. The Morgan fingerprint density at radius 3 is 2.67 bits per heavy atom. The van der Waals surface area contributed by atoms with Gasteiger partial charge in [0, 0.05) is 28.0 Å². The van der Waals surface area contributed by atoms with Gasteiger partial charge in [0.1, 0.15) is 24.4 Å². The monoisotopic (exact) mass is 754 g/mol. The molecule has 45 heavy (non-hydrogen) atoms. The number of aliphatic carboxylic acids is 1. The van der Waals surface area contributed by atoms with Crippen molar-refractivity contribution in [2.75, 3.05) is 18.9 Å². The molecule has 15 nitrogen and oxygen atoms in total. The number of ether oxygens (including phenoxy) is 3. The maximum absolute atomic E-state index is 12.9. The Hall–Kier alpha value is -3.41. The molecule has 4 aromatic rings. The second kappa shape index (κ2) is 13.1. The number of carboxylic acid groups (broad SMARTS) is 1. The molecule has 2 aromatic heterocycles. The van der Waals surface area contributed by atoms with Crippen molar-refractivity contribution < 1.29 is 43.7 Å². The summed E-state index contributed by atoms with van der Waals surface area (Å²) in [7, 11) is -2.81. The summed E-state index contributed by atoms with van der Waals surface area (Å²) >= 11 is 1.95. The second-order valence-electron chi connectivity index (χ2n) is 10.8. The smallest absolute Gasteiger partial charge is 0.395 e. The number of halogens is 1. The van der Waals surface area contributed by atoms with Crippen LogP contribution in [0.25, 0.3) is 21.9 Å². The lowest BCUT2D eigenvalue weighted by Crippen LogP contribution is -2.45. The fraction of sp³-hybridized carbons (Fsp3) is 0.429. The first-order chi connectivity index (χ1) is 21.3. The number of fused-ring (bicyclic) bond motifs is 2. The van der Waals surface area contributed by atoms with Crippen LogP contribution in [0.5, 0.6) is 17.4 Å². The number of nitrogen functional groups attached to an aromatic ring is 1. The molecule has 0 aliphatic carbocycles. The fourth-order valence-corrected chi connectivity index (χ4v) is 6.69. The number of hydrogen-bond donors (Lipinski definition) is 4. The van der Waals surface area contributed by atoms with Crippen LogP contribution in [0.2, 0.25) is 0 Å². The molecule has 17 heteroatoms. The first-order valence-corrected chi connectivity index (χ1v) is 16.2. The third-order valence-electron chi connectivity index (χ3n) is 7.27. The van der Waals surface area contributed by atoms with Crippen molar-refractivity contribution in [3.8, 4) is 17.4 Å². The minimum Gasteiger partial charge on any atom is -0.575 e. The van der Waals surface area contributed by atoms with Crippen LogP contribution < -0.4 is 24.6 Å². The van der Waals surface area contributed by atoms with Crippen molar-refractivity contribution in [2.45, 2.75) is 57.8 Å². The Bertz CT molecular complexity index is 1770. The molecule has 5 N–H and O–H groups in total. The highest BCUT2D eigenvalue weighted by Crippen LogP contribution is 2.44. The first-order valence-electron chi connectivity index (χ1n) is 14.0. The molecule has 5 rings (SSSR count). The van der Waals surface area contributed by atoms with E-state index < -0.39 is 50.1 Å². The molecule has 1 aliphatic rings. The van der Waals surface area contributed by atoms with Crippen LogP contribution in [0.4, 0.5) is 5.95 Å². The van der Waals surface area contributed by atoms with E-state index in [2.05, 4.69) is 19.7 Å². The van der Waals surface area contributed by atoms with Crippen molar-refractivity contribution in [2.24, 2.45) is 10.7 Å². The molecule has 0 radical (unpaired) electrons. The van der Waals surface area contributed by atoms with Gasteiger partial charge in [-0.25, -0.2) is 9.78 Å². The van der Waals surface area contributed by atoms with Gasteiger partial charge in [0.15, 0.2) is 33.0 Å². The quantitative estimate of drug-likeness (QED) is 0.0985. The van der Waals surface area contributed by atoms with E-state index in [9.17, 15) is 25.0 Å². The van der Waals surface area contributed by atoms with Gasteiger partial charge in [-0.2, -0.15) is 9.97 Å². The summed E-state index contributed by atoms with van der Waals surface area (Å²) in [6.07, 6.45) is -3.65. The number of carbonyl (C=O) groups is 1. The summed E-state index contributed by atoms with van der Waals surface area (Å²) in [6, 6.07) is 9.25. The molecule has 0 amide bonds. The molecular weight excluding hydrogens is 722 g/mol. The highest BCUT2D eigenvalue weighted by atomic mass is 127. The molecule has 0 saturated carbocycles. The van der Waals surface area contributed by atoms with E-state index in [-0.39, 0.29) is 35.6 Å². The molecule has 1 fully saturated rings. The van der Waals surface area contributed by atoms with Crippen LogP contribution in [0.15, 0.2) is 41.1 Å². The lowest BCUT2D eigenvalue weighted by Gasteiger charge is -2.27. The predicted octanol–water partition coefficient (Wildman–Crippen LogP) is 3.00. The first kappa shape index (κ1) is 33.0. The van der Waals surface area contributed by atoms with Crippen molar-refractivity contribution >= 4 is 64.6 Å². The molecule has 2 aromatic carbocycles. The number of rotatable bonds is 11. The molecular formula is C28H32IN6O9P. The third kappa shape index (κ3) is 6.48. The zero-order valence-corrected chi connectivity index (χ0v) is 27.7. The van der Waals surface area contributed by atoms with Gasteiger partial charge in [-0.15, -0.1) is 0 Å². The van der Waals surface area contributed by atoms with Crippen molar-refractivity contribution in [3.63, 3.8) is 0 Å². The normalized spacial score (nSPS) is 22.7. The topological polar surface area (TPSA) is 220 Å². The van der Waals surface area contributed by atoms with Crippen molar-refractivity contribution in [3.05, 3.63) is 40.2 Å². The Kier molecular flexibility index (Phi) is 9.62. The predicted molar refractivity (Wildman–Crippen MR) is 170 cm³/mol. The van der Waals surface area contributed by atoms with Crippen LogP contribution in [0.1, 0.15) is 33.9 Å². The van der Waals surface area contributed by atoms with E-state index in [1.165, 1.54) is 11.5 Å². The zero-order valence-electron chi connectivity index (χ0n) is 24.7. The van der Waals surface area contributed by atoms with Gasteiger partial charge >= 0.3 is 14.1 Å². The Labute approximate surface area is 272 Å². The van der Waals surface area contributed by atoms with Crippen molar-refractivity contribution in [1.82, 2.24) is 19.5 Å². The molecule has 6 atom stereocenters. The number of imidazole rings is 1. The molecule has 1 saturated heterocycles. The van der Waals surface area contributed by atoms with E-state index in [4.69, 9.17) is 24.5 Å². The second-order valence-corrected chi connectivity index (χ2v) is 12.7. The minimum absolute atomic E-state index is 0.0708. The maximum atomic E-state index is 12.9. The highest BCUT2D eigenvalue weighted by molar-refractivity contribution is 14.1. The zero-order chi connectivity index (χ0) is 32.6. The van der Waals surface area contributed by atoms with Gasteiger partial charge in [-0.05, 0) is 31.2 Å². The van der Waals surface area contributed by atoms with Gasteiger partial charge in [0.05, 0.1) is 6.61 Å². The van der Waals surface area contributed by atoms with Crippen LogP contribution in [-0.4, -0.2) is 77.9 Å². The van der Waals surface area contributed by atoms with E-state index in [0.717, 1.165) is 5.39 Å². The number of carboxylic acids is 1. The van der Waals surface area contributed by atoms with Crippen LogP contribution >= 0.6 is 30.8 Å². The van der Waals surface area contributed by atoms with Crippen molar-refractivity contribution in [1.29, 1.82) is 0 Å². The Balaban J connectivity index is 1.45. The van der Waals surface area contributed by atoms with E-state index in [0.29, 0.717) is 21.3 Å². The Morgan fingerprint density at radius 1 is 1.24 bits per heavy atom. The number of hydrogen-bond acceptors (Lipinski definition) is 13. The third-order valence-corrected chi connectivity index (χ3v) is 8.81. The molecule has 3 unspecified atom stereocenters. The van der Waals surface area contributed by atoms with E-state index >= 15 is 0 Å². The van der Waals surface area contributed by atoms with Gasteiger partial charge in [-0.1, -0.05) is 48.9 Å². The number of aromatic nitrogens is 4. The number of nitrogens with two attached hydrogens (primary N) is 1. The van der Waals surface area contributed by atoms with E-state index in [1.54, 1.807) is 45.0 Å². The van der Waals surface area contributed by atoms with Gasteiger partial charge in [0.2, 0.25) is 17.6 Å². The fourth-order valence-electron chi connectivity index (χ4n) is 5.01. The van der Waals surface area contributed by atoms with Crippen LogP contribution in [0, 0.1) is 9.75 Å². The molecule has 0 bridgehead atoms. The van der Waals surface area contributed by atoms with Gasteiger partial charge in [0.25, 0.3) is 0 Å². The van der Waals surface area contributed by atoms with Crippen LogP contribution in [-0.2, 0) is 9.53 Å². The van der Waals surface area contributed by atoms with Gasteiger partial charge in [-0.3, -0.25) is 9.09 Å². The summed E-state index contributed by atoms with van der Waals surface area (Å²) in [5, 5.41) is 33.4. The van der Waals surface area contributed by atoms with E-state index in [1.807, 2.05) is 34.7 Å². The SMILES string of the molecule is CCOc1nc(N)nc2c1nc(I)n2C1O[C@H](COc2ccc3ccccc3c2O/[P+]([O-])=N/C(C(=O)O)C(C)C)[C@@H](O)[C@@]1(C)O. The number of anilines is 1. The summed E-state index contributed by atoms with van der Waals surface area (Å²) in [5.74, 6) is -1.31. The highest BCUT2D eigenvalue weighted by Gasteiger charge is 2.54. The maximum Gasteiger partial charge on any atom is 0.395 e. The largest absolute Gasteiger partial charge is 0.575 e. The Morgan fingerprint density at radius 2 is 1.98 bits per heavy atom. The molecule has 0 spiro atoms. The average molecular weight is 754 g/mol. The standard InChI is InChI=1S/C28H32IN6O9P/c1-5-41-23-19-22(32-27(30)33-23)35(26(29)31-19)25-28(4,39)21(36)17(43-25)12-42-16-11-10-14-8-6-7-9-15(14)20(16)44-45(40)34-18(13(2)3)24(37)38/h6-11,13,17-18,21,25,36,39H,5,12H2,1-4H3,(H,37,38)(H2,30,32,33)/t17-,18?,21-,25?,28-/m1/s1. The lowest BCUT2D eigenvalue weighted by atomic mass is 9.96. The molecule has 3 heterocycles.